The first-order chi connectivity index (χ1) is 11.0. The first-order valence-corrected chi connectivity index (χ1v) is 7.01. The topological polar surface area (TPSA) is 87.5 Å². The summed E-state index contributed by atoms with van der Waals surface area (Å²) in [4.78, 5) is 27.6. The van der Waals surface area contributed by atoms with Crippen LogP contribution in [0, 0.1) is 0 Å². The number of halogens is 1. The Hall–Kier alpha value is -2.92. The van der Waals surface area contributed by atoms with Crippen LogP contribution in [0.5, 0.6) is 5.75 Å². The van der Waals surface area contributed by atoms with Crippen molar-refractivity contribution in [2.75, 3.05) is 0 Å². The molecule has 1 aromatic heterocycles. The number of hydrogen-bond donors (Lipinski definition) is 2. The predicted molar refractivity (Wildman–Crippen MR) is 87.1 cm³/mol. The van der Waals surface area contributed by atoms with Crippen LogP contribution in [0.2, 0.25) is 5.02 Å². The molecular formula is C17H10ClNO4. The van der Waals surface area contributed by atoms with Crippen molar-refractivity contribution in [1.82, 2.24) is 4.98 Å². The summed E-state index contributed by atoms with van der Waals surface area (Å²) in [5.74, 6) is -1.63. The van der Waals surface area contributed by atoms with Crippen LogP contribution in [-0.4, -0.2) is 21.2 Å². The molecule has 114 valence electrons. The van der Waals surface area contributed by atoms with E-state index >= 15 is 0 Å². The lowest BCUT2D eigenvalue weighted by molar-refractivity contribution is 0.0699. The Morgan fingerprint density at radius 3 is 2.57 bits per heavy atom. The van der Waals surface area contributed by atoms with Crippen molar-refractivity contribution in [3.05, 3.63) is 69.3 Å². The molecule has 2 aromatic carbocycles. The average molecular weight is 328 g/mol. The van der Waals surface area contributed by atoms with Gasteiger partial charge in [0.25, 0.3) is 0 Å². The highest BCUT2D eigenvalue weighted by Crippen LogP contribution is 2.29. The second-order valence-corrected chi connectivity index (χ2v) is 5.30. The zero-order valence-electron chi connectivity index (χ0n) is 11.7. The van der Waals surface area contributed by atoms with Crippen LogP contribution in [0.1, 0.15) is 10.4 Å². The Bertz CT molecular complexity index is 1000. The van der Waals surface area contributed by atoms with Crippen molar-refractivity contribution in [3.8, 4) is 17.0 Å². The van der Waals surface area contributed by atoms with Gasteiger partial charge in [0.15, 0.2) is 5.75 Å². The predicted octanol–water partition coefficient (Wildman–Crippen LogP) is 3.32. The van der Waals surface area contributed by atoms with E-state index in [1.807, 2.05) is 0 Å². The molecule has 0 fully saturated rings. The van der Waals surface area contributed by atoms with Gasteiger partial charge in [-0.05, 0) is 36.4 Å². The second-order valence-electron chi connectivity index (χ2n) is 4.87. The number of aromatic hydroxyl groups is 1. The van der Waals surface area contributed by atoms with Gasteiger partial charge in [-0.25, -0.2) is 9.78 Å². The maximum absolute atomic E-state index is 11.7. The largest absolute Gasteiger partial charge is 0.504 e. The second kappa shape index (κ2) is 5.70. The molecule has 0 saturated heterocycles. The smallest absolute Gasteiger partial charge is 0.336 e. The highest BCUT2D eigenvalue weighted by molar-refractivity contribution is 6.31. The van der Waals surface area contributed by atoms with E-state index in [4.69, 9.17) is 11.6 Å². The van der Waals surface area contributed by atoms with Gasteiger partial charge in [-0.15, -0.1) is 0 Å². The molecule has 0 bridgehead atoms. The Morgan fingerprint density at radius 2 is 1.83 bits per heavy atom. The third-order valence-corrected chi connectivity index (χ3v) is 3.62. The van der Waals surface area contributed by atoms with Crippen molar-refractivity contribution in [2.45, 2.75) is 0 Å². The lowest BCUT2D eigenvalue weighted by Crippen LogP contribution is -2.01. The summed E-state index contributed by atoms with van der Waals surface area (Å²) >= 11 is 5.91. The van der Waals surface area contributed by atoms with Gasteiger partial charge < -0.3 is 10.2 Å². The van der Waals surface area contributed by atoms with Crippen LogP contribution in [0.25, 0.3) is 22.2 Å². The normalized spacial score (nSPS) is 10.7. The van der Waals surface area contributed by atoms with E-state index in [0.29, 0.717) is 15.9 Å². The number of pyridine rings is 1. The standard InChI is InChI=1S/C17H10ClNO4/c18-9-5-6-13-11(7-9)12(17(22)23)8-14(19-13)10-3-1-2-4-15(20)16(10)21/h1-8H,(H,20,21)(H,22,23). The Balaban J connectivity index is 2.39. The summed E-state index contributed by atoms with van der Waals surface area (Å²) in [6.45, 7) is 0. The van der Waals surface area contributed by atoms with Crippen molar-refractivity contribution in [3.63, 3.8) is 0 Å². The molecule has 0 amide bonds. The average Bonchev–Trinajstić information content (AvgIpc) is 2.68. The Labute approximate surface area is 135 Å². The molecule has 0 radical (unpaired) electrons. The minimum Gasteiger partial charge on any atom is -0.504 e. The third kappa shape index (κ3) is 2.74. The van der Waals surface area contributed by atoms with E-state index in [1.54, 1.807) is 18.2 Å². The van der Waals surface area contributed by atoms with Crippen LogP contribution in [0.3, 0.4) is 0 Å². The Kier molecular flexibility index (Phi) is 3.72. The zero-order valence-corrected chi connectivity index (χ0v) is 12.4. The Morgan fingerprint density at radius 1 is 1.09 bits per heavy atom. The highest BCUT2D eigenvalue weighted by Gasteiger charge is 2.15. The molecule has 0 unspecified atom stereocenters. The van der Waals surface area contributed by atoms with E-state index in [2.05, 4.69) is 4.98 Å². The molecule has 23 heavy (non-hydrogen) atoms. The van der Waals surface area contributed by atoms with Gasteiger partial charge in [-0.3, -0.25) is 4.79 Å². The number of benzene rings is 1. The number of carbonyl (C=O) groups is 1. The van der Waals surface area contributed by atoms with Gasteiger partial charge in [0.1, 0.15) is 0 Å². The fraction of sp³-hybridized carbons (Fsp3) is 0. The molecule has 5 nitrogen and oxygen atoms in total. The van der Waals surface area contributed by atoms with E-state index in [9.17, 15) is 19.8 Å². The SMILES string of the molecule is O=C(O)c1cc(-c2ccccc(=O)c2O)nc2ccc(Cl)cc12. The number of carboxylic acid groups (broad SMARTS) is 1. The molecule has 3 rings (SSSR count). The summed E-state index contributed by atoms with van der Waals surface area (Å²) in [5, 5.41) is 20.2. The number of hydrogen-bond acceptors (Lipinski definition) is 4. The number of fused-ring (bicyclic) bond motifs is 1. The quantitative estimate of drug-likeness (QED) is 0.754. The lowest BCUT2D eigenvalue weighted by Gasteiger charge is -2.07. The maximum atomic E-state index is 11.7. The highest BCUT2D eigenvalue weighted by atomic mass is 35.5. The summed E-state index contributed by atoms with van der Waals surface area (Å²) in [5.41, 5.74) is 0.191. The van der Waals surface area contributed by atoms with Gasteiger partial charge in [0.2, 0.25) is 5.43 Å². The molecule has 0 spiro atoms. The van der Waals surface area contributed by atoms with E-state index in [-0.39, 0.29) is 16.8 Å². The fourth-order valence-electron chi connectivity index (χ4n) is 2.30. The lowest BCUT2D eigenvalue weighted by atomic mass is 10.0. The summed E-state index contributed by atoms with van der Waals surface area (Å²) in [7, 11) is 0. The molecule has 0 aliphatic carbocycles. The van der Waals surface area contributed by atoms with Crippen LogP contribution in [0.4, 0.5) is 0 Å². The fourth-order valence-corrected chi connectivity index (χ4v) is 2.48. The van der Waals surface area contributed by atoms with Crippen molar-refractivity contribution < 1.29 is 15.0 Å². The molecule has 0 aliphatic rings. The van der Waals surface area contributed by atoms with Crippen molar-refractivity contribution in [2.24, 2.45) is 0 Å². The van der Waals surface area contributed by atoms with Crippen molar-refractivity contribution in [1.29, 1.82) is 0 Å². The van der Waals surface area contributed by atoms with Gasteiger partial charge >= 0.3 is 5.97 Å². The van der Waals surface area contributed by atoms with Crippen LogP contribution in [0.15, 0.2) is 53.3 Å². The minimum absolute atomic E-state index is 0.00847. The number of rotatable bonds is 2. The first-order valence-electron chi connectivity index (χ1n) is 6.63. The molecule has 3 aromatic rings. The summed E-state index contributed by atoms with van der Waals surface area (Å²) < 4.78 is 0. The van der Waals surface area contributed by atoms with Crippen LogP contribution >= 0.6 is 11.6 Å². The van der Waals surface area contributed by atoms with Gasteiger partial charge in [0, 0.05) is 16.0 Å². The number of aromatic carboxylic acids is 1. The molecule has 0 atom stereocenters. The van der Waals surface area contributed by atoms with Gasteiger partial charge in [-0.1, -0.05) is 23.7 Å². The third-order valence-electron chi connectivity index (χ3n) is 3.39. The molecule has 1 heterocycles. The molecule has 2 N–H and O–H groups in total. The summed E-state index contributed by atoms with van der Waals surface area (Å²) in [6, 6.07) is 11.8. The number of carboxylic acids is 1. The number of nitrogens with zero attached hydrogens (tertiary/aromatic N) is 1. The van der Waals surface area contributed by atoms with E-state index in [0.717, 1.165) is 0 Å². The zero-order chi connectivity index (χ0) is 16.6. The molecular weight excluding hydrogens is 318 g/mol. The number of aromatic nitrogens is 1. The monoisotopic (exact) mass is 327 g/mol. The van der Waals surface area contributed by atoms with Crippen molar-refractivity contribution >= 4 is 28.5 Å². The van der Waals surface area contributed by atoms with E-state index < -0.39 is 17.1 Å². The van der Waals surface area contributed by atoms with Gasteiger partial charge in [-0.2, -0.15) is 0 Å². The summed E-state index contributed by atoms with van der Waals surface area (Å²) in [6.07, 6.45) is 0. The van der Waals surface area contributed by atoms with Gasteiger partial charge in [0.05, 0.1) is 16.8 Å². The molecule has 0 aliphatic heterocycles. The van der Waals surface area contributed by atoms with Crippen LogP contribution < -0.4 is 5.43 Å². The minimum atomic E-state index is -1.15. The van der Waals surface area contributed by atoms with E-state index in [1.165, 1.54) is 30.3 Å². The first kappa shape index (κ1) is 15.0. The molecule has 0 saturated carbocycles. The van der Waals surface area contributed by atoms with Crippen LogP contribution in [-0.2, 0) is 0 Å². The molecule has 6 heteroatoms. The maximum Gasteiger partial charge on any atom is 0.336 e.